The number of carboxylic acids is 1. The Bertz CT molecular complexity index is 635. The van der Waals surface area contributed by atoms with Crippen molar-refractivity contribution in [1.82, 2.24) is 9.55 Å². The number of fused-ring (bicyclic) bond motifs is 1. The Morgan fingerprint density at radius 1 is 1.37 bits per heavy atom. The van der Waals surface area contributed by atoms with E-state index in [2.05, 4.69) is 9.55 Å². The molecule has 1 aliphatic heterocycles. The summed E-state index contributed by atoms with van der Waals surface area (Å²) in [6, 6.07) is 4.99. The first-order chi connectivity index (χ1) is 9.15. The van der Waals surface area contributed by atoms with Crippen LogP contribution in [-0.2, 0) is 13.1 Å². The highest BCUT2D eigenvalue weighted by Crippen LogP contribution is 2.26. The van der Waals surface area contributed by atoms with Gasteiger partial charge in [0, 0.05) is 31.2 Å². The number of aromatic nitrogens is 2. The van der Waals surface area contributed by atoms with E-state index in [-0.39, 0.29) is 5.56 Å². The molecule has 1 aromatic carbocycles. The van der Waals surface area contributed by atoms with Crippen LogP contribution in [0.1, 0.15) is 16.2 Å². The largest absolute Gasteiger partial charge is 0.478 e. The molecule has 19 heavy (non-hydrogen) atoms. The molecule has 0 unspecified atom stereocenters. The number of imidazole rings is 1. The number of rotatable bonds is 2. The average molecular weight is 258 g/mol. The van der Waals surface area contributed by atoms with Gasteiger partial charge in [-0.3, -0.25) is 0 Å². The normalized spacial score (nSPS) is 14.2. The number of aromatic carboxylic acids is 1. The van der Waals surface area contributed by atoms with Gasteiger partial charge in [0.05, 0.1) is 17.8 Å². The van der Waals surface area contributed by atoms with Crippen LogP contribution in [0.25, 0.3) is 0 Å². The van der Waals surface area contributed by atoms with Crippen molar-refractivity contribution >= 4 is 17.3 Å². The molecule has 0 saturated carbocycles. The molecule has 2 heterocycles. The third-order valence-electron chi connectivity index (χ3n) is 3.34. The molecule has 2 aromatic rings. The summed E-state index contributed by atoms with van der Waals surface area (Å²) in [6.07, 6.45) is 3.70. The molecule has 1 aliphatic rings. The van der Waals surface area contributed by atoms with Gasteiger partial charge in [0.15, 0.2) is 0 Å². The van der Waals surface area contributed by atoms with Gasteiger partial charge in [-0.15, -0.1) is 0 Å². The first-order valence-corrected chi connectivity index (χ1v) is 6.03. The van der Waals surface area contributed by atoms with Gasteiger partial charge in [-0.25, -0.2) is 9.78 Å². The van der Waals surface area contributed by atoms with Crippen LogP contribution >= 0.6 is 0 Å². The van der Waals surface area contributed by atoms with Crippen LogP contribution in [0.4, 0.5) is 11.4 Å². The fourth-order valence-corrected chi connectivity index (χ4v) is 2.38. The maximum atomic E-state index is 11.3. The smallest absolute Gasteiger partial charge is 0.337 e. The number of hydrogen-bond acceptors (Lipinski definition) is 4. The second-order valence-electron chi connectivity index (χ2n) is 4.54. The molecule has 0 aliphatic carbocycles. The number of carboxylic acid groups (broad SMARTS) is 1. The number of carbonyl (C=O) groups is 1. The lowest BCUT2D eigenvalue weighted by Crippen LogP contribution is -2.34. The van der Waals surface area contributed by atoms with Gasteiger partial charge in [-0.1, -0.05) is 0 Å². The molecule has 0 bridgehead atoms. The maximum Gasteiger partial charge on any atom is 0.337 e. The topological polar surface area (TPSA) is 84.4 Å². The first-order valence-electron chi connectivity index (χ1n) is 6.03. The number of nitrogens with zero attached hydrogens (tertiary/aromatic N) is 3. The van der Waals surface area contributed by atoms with E-state index in [1.807, 2.05) is 11.1 Å². The second kappa shape index (κ2) is 4.31. The zero-order valence-electron chi connectivity index (χ0n) is 10.3. The minimum Gasteiger partial charge on any atom is -0.478 e. The molecule has 3 N–H and O–H groups in total. The monoisotopic (exact) mass is 258 g/mol. The highest BCUT2D eigenvalue weighted by Gasteiger charge is 2.21. The van der Waals surface area contributed by atoms with E-state index in [4.69, 9.17) is 5.73 Å². The lowest BCUT2D eigenvalue weighted by molar-refractivity contribution is 0.0697. The molecular formula is C13H14N4O2. The third-order valence-corrected chi connectivity index (χ3v) is 3.34. The molecule has 1 aromatic heterocycles. The van der Waals surface area contributed by atoms with Gasteiger partial charge < -0.3 is 20.3 Å². The van der Waals surface area contributed by atoms with Crippen LogP contribution in [0.15, 0.2) is 30.6 Å². The fourth-order valence-electron chi connectivity index (χ4n) is 2.38. The molecule has 0 radical (unpaired) electrons. The summed E-state index contributed by atoms with van der Waals surface area (Å²) in [7, 11) is 0. The van der Waals surface area contributed by atoms with Crippen molar-refractivity contribution in [2.45, 2.75) is 13.1 Å². The predicted molar refractivity (Wildman–Crippen MR) is 71.1 cm³/mol. The van der Waals surface area contributed by atoms with E-state index in [0.29, 0.717) is 17.9 Å². The van der Waals surface area contributed by atoms with Crippen LogP contribution < -0.4 is 10.6 Å². The molecule has 0 saturated heterocycles. The first kappa shape index (κ1) is 11.6. The second-order valence-corrected chi connectivity index (χ2v) is 4.54. The highest BCUT2D eigenvalue weighted by atomic mass is 16.4. The van der Waals surface area contributed by atoms with E-state index in [1.54, 1.807) is 18.3 Å². The van der Waals surface area contributed by atoms with E-state index in [9.17, 15) is 9.90 Å². The van der Waals surface area contributed by atoms with Crippen molar-refractivity contribution in [2.24, 2.45) is 0 Å². The summed E-state index contributed by atoms with van der Waals surface area (Å²) in [5.74, 6) is -0.0179. The van der Waals surface area contributed by atoms with Crippen molar-refractivity contribution in [2.75, 3.05) is 17.2 Å². The molecule has 6 heteroatoms. The molecule has 0 spiro atoms. The minimum absolute atomic E-state index is 0.236. The molecule has 0 amide bonds. The average Bonchev–Trinajstić information content (AvgIpc) is 2.85. The van der Waals surface area contributed by atoms with Crippen LogP contribution in [0.2, 0.25) is 0 Å². The number of nitrogen functional groups attached to an aromatic ring is 1. The van der Waals surface area contributed by atoms with Crippen molar-refractivity contribution in [3.8, 4) is 0 Å². The standard InChI is InChI=1S/C13H14N4O2/c14-9-1-2-11(10(7-9)13(18)19)17-6-5-16-4-3-15-12(16)8-17/h1-4,7H,5-6,8,14H2,(H,18,19). The van der Waals surface area contributed by atoms with Gasteiger partial charge in [0.25, 0.3) is 0 Å². The summed E-state index contributed by atoms with van der Waals surface area (Å²) in [4.78, 5) is 17.6. The third kappa shape index (κ3) is 2.01. The zero-order valence-corrected chi connectivity index (χ0v) is 10.3. The SMILES string of the molecule is Nc1ccc(N2CCn3ccnc3C2)c(C(=O)O)c1. The van der Waals surface area contributed by atoms with E-state index in [1.165, 1.54) is 6.07 Å². The summed E-state index contributed by atoms with van der Waals surface area (Å²) < 4.78 is 2.08. The van der Waals surface area contributed by atoms with E-state index < -0.39 is 5.97 Å². The van der Waals surface area contributed by atoms with Gasteiger partial charge in [0.2, 0.25) is 0 Å². The predicted octanol–water partition coefficient (Wildman–Crippen LogP) is 1.18. The van der Waals surface area contributed by atoms with Gasteiger partial charge >= 0.3 is 5.97 Å². The zero-order chi connectivity index (χ0) is 13.4. The number of benzene rings is 1. The van der Waals surface area contributed by atoms with Crippen LogP contribution in [0, 0.1) is 0 Å². The molecule has 98 valence electrons. The highest BCUT2D eigenvalue weighted by molar-refractivity contribution is 5.95. The number of nitrogens with two attached hydrogens (primary N) is 1. The Labute approximate surface area is 110 Å². The maximum absolute atomic E-state index is 11.3. The molecular weight excluding hydrogens is 244 g/mol. The van der Waals surface area contributed by atoms with Crippen LogP contribution in [0.3, 0.4) is 0 Å². The van der Waals surface area contributed by atoms with Crippen molar-refractivity contribution < 1.29 is 9.90 Å². The fraction of sp³-hybridized carbons (Fsp3) is 0.231. The van der Waals surface area contributed by atoms with Crippen LogP contribution in [0.5, 0.6) is 0 Å². The summed E-state index contributed by atoms with van der Waals surface area (Å²) in [5, 5.41) is 9.27. The summed E-state index contributed by atoms with van der Waals surface area (Å²) in [5.41, 5.74) is 7.04. The van der Waals surface area contributed by atoms with Crippen molar-refractivity contribution in [1.29, 1.82) is 0 Å². The van der Waals surface area contributed by atoms with Crippen LogP contribution in [-0.4, -0.2) is 27.2 Å². The van der Waals surface area contributed by atoms with E-state index in [0.717, 1.165) is 18.9 Å². The lowest BCUT2D eigenvalue weighted by Gasteiger charge is -2.30. The Balaban J connectivity index is 1.98. The Hall–Kier alpha value is -2.50. The Morgan fingerprint density at radius 3 is 3.00 bits per heavy atom. The minimum atomic E-state index is -0.962. The Kier molecular flexibility index (Phi) is 2.63. The van der Waals surface area contributed by atoms with E-state index >= 15 is 0 Å². The summed E-state index contributed by atoms with van der Waals surface area (Å²) >= 11 is 0. The molecule has 0 fully saturated rings. The summed E-state index contributed by atoms with van der Waals surface area (Å²) in [6.45, 7) is 2.17. The van der Waals surface area contributed by atoms with Gasteiger partial charge in [0.1, 0.15) is 5.82 Å². The van der Waals surface area contributed by atoms with Gasteiger partial charge in [-0.05, 0) is 18.2 Å². The van der Waals surface area contributed by atoms with Gasteiger partial charge in [-0.2, -0.15) is 0 Å². The number of hydrogen-bond donors (Lipinski definition) is 2. The van der Waals surface area contributed by atoms with Crippen molar-refractivity contribution in [3.63, 3.8) is 0 Å². The Morgan fingerprint density at radius 2 is 2.21 bits per heavy atom. The molecule has 0 atom stereocenters. The lowest BCUT2D eigenvalue weighted by atomic mass is 10.1. The van der Waals surface area contributed by atoms with Crippen molar-refractivity contribution in [3.05, 3.63) is 42.0 Å². The number of anilines is 2. The molecule has 6 nitrogen and oxygen atoms in total. The molecule has 3 rings (SSSR count). The quantitative estimate of drug-likeness (QED) is 0.790.